The lowest BCUT2D eigenvalue weighted by Gasteiger charge is -2.11. The summed E-state index contributed by atoms with van der Waals surface area (Å²) in [6.07, 6.45) is 0. The van der Waals surface area contributed by atoms with Gasteiger partial charge in [-0.2, -0.15) is 0 Å². The van der Waals surface area contributed by atoms with Crippen LogP contribution < -0.4 is 4.74 Å². The van der Waals surface area contributed by atoms with Crippen molar-refractivity contribution in [3.05, 3.63) is 271 Å². The zero-order valence-corrected chi connectivity index (χ0v) is 40.7. The number of methoxy groups -OCH3 is 1. The van der Waals surface area contributed by atoms with Crippen LogP contribution in [0.3, 0.4) is 0 Å². The van der Waals surface area contributed by atoms with Crippen molar-refractivity contribution in [3.8, 4) is 83.6 Å². The Morgan fingerprint density at radius 1 is 0.225 bits per heavy atom. The maximum atomic E-state index is 5.50. The van der Waals surface area contributed by atoms with E-state index in [0.29, 0.717) is 0 Å². The third kappa shape index (κ3) is 9.03. The standard InChI is InChI=1S/C24H20O.C23H16.C23H18/c1-17-7-9-18(10-8-17)19-11-13-20(14-12-19)21-15-16-24(25-2)23-6-4-3-5-22(21)23;1-15-9-11-16(12-10-15)17-13-14-22-19-6-3-2-5-18(19)21-8-4-7-20(17)23(21)22;1-17-9-11-18(12-10-17)19-13-15-21(16-14-19)23-8-4-6-20-5-2-3-7-22(20)23/h3-16H,1-2H3;2-14H,1H3;2-16H,1H3. The van der Waals surface area contributed by atoms with E-state index in [0.717, 1.165) is 11.1 Å². The van der Waals surface area contributed by atoms with Gasteiger partial charge in [0.1, 0.15) is 5.75 Å². The lowest BCUT2D eigenvalue weighted by atomic mass is 9.94. The number of aryl methyl sites for hydroxylation is 3. The summed E-state index contributed by atoms with van der Waals surface area (Å²) in [7, 11) is 1.72. The molecule has 0 fully saturated rings. The SMILES string of the molecule is COc1ccc(-c2ccc(-c3ccc(C)cc3)cc2)c2ccccc12.Cc1ccc(-c2ccc(-c3cccc4ccccc34)cc2)cc1.Cc1ccc(-c2ccc3c4c(cccc24)-c2ccccc2-3)cc1. The van der Waals surface area contributed by atoms with Crippen LogP contribution in [-0.4, -0.2) is 7.11 Å². The van der Waals surface area contributed by atoms with Gasteiger partial charge in [-0.3, -0.25) is 0 Å². The maximum absolute atomic E-state index is 5.50. The minimum absolute atomic E-state index is 0.913. The molecule has 1 heteroatoms. The van der Waals surface area contributed by atoms with Gasteiger partial charge in [-0.05, 0) is 132 Å². The fourth-order valence-corrected chi connectivity index (χ4v) is 10.1. The summed E-state index contributed by atoms with van der Waals surface area (Å²) >= 11 is 0. The molecule has 0 saturated heterocycles. The summed E-state index contributed by atoms with van der Waals surface area (Å²) < 4.78 is 5.50. The van der Waals surface area contributed by atoms with Crippen molar-refractivity contribution in [1.29, 1.82) is 0 Å². The fraction of sp³-hybridized carbons (Fsp3) is 0.0571. The molecule has 71 heavy (non-hydrogen) atoms. The van der Waals surface area contributed by atoms with E-state index in [9.17, 15) is 0 Å². The van der Waals surface area contributed by atoms with E-state index in [1.165, 1.54) is 122 Å². The predicted octanol–water partition coefficient (Wildman–Crippen LogP) is 19.4. The molecule has 0 saturated carbocycles. The second-order valence-electron chi connectivity index (χ2n) is 18.6. The smallest absolute Gasteiger partial charge is 0.126 e. The molecule has 12 aromatic rings. The minimum Gasteiger partial charge on any atom is -0.496 e. The van der Waals surface area contributed by atoms with Crippen molar-refractivity contribution in [2.75, 3.05) is 7.11 Å². The van der Waals surface area contributed by atoms with Gasteiger partial charge in [0.05, 0.1) is 7.11 Å². The predicted molar refractivity (Wildman–Crippen MR) is 304 cm³/mol. The van der Waals surface area contributed by atoms with Gasteiger partial charge in [-0.25, -0.2) is 0 Å². The first-order chi connectivity index (χ1) is 34.9. The molecule has 0 spiro atoms. The average molecular weight is 911 g/mol. The van der Waals surface area contributed by atoms with E-state index in [-0.39, 0.29) is 0 Å². The zero-order chi connectivity index (χ0) is 48.3. The molecular weight excluding hydrogens is 857 g/mol. The lowest BCUT2D eigenvalue weighted by Crippen LogP contribution is -1.88. The number of hydrogen-bond acceptors (Lipinski definition) is 1. The molecule has 340 valence electrons. The first-order valence-corrected chi connectivity index (χ1v) is 24.5. The van der Waals surface area contributed by atoms with Gasteiger partial charge in [0.2, 0.25) is 0 Å². The van der Waals surface area contributed by atoms with Crippen LogP contribution in [0.25, 0.3) is 110 Å². The Morgan fingerprint density at radius 2 is 0.549 bits per heavy atom. The monoisotopic (exact) mass is 910 g/mol. The van der Waals surface area contributed by atoms with Gasteiger partial charge in [-0.1, -0.05) is 265 Å². The van der Waals surface area contributed by atoms with Crippen LogP contribution in [-0.2, 0) is 0 Å². The molecule has 0 aromatic heterocycles. The number of rotatable bonds is 6. The van der Waals surface area contributed by atoms with Crippen molar-refractivity contribution in [2.45, 2.75) is 20.8 Å². The van der Waals surface area contributed by atoms with Crippen LogP contribution in [0, 0.1) is 20.8 Å². The normalized spacial score (nSPS) is 11.1. The number of benzene rings is 12. The van der Waals surface area contributed by atoms with Gasteiger partial charge in [-0.15, -0.1) is 0 Å². The Morgan fingerprint density at radius 3 is 1.10 bits per heavy atom. The highest BCUT2D eigenvalue weighted by Gasteiger charge is 2.22. The van der Waals surface area contributed by atoms with Crippen molar-refractivity contribution in [1.82, 2.24) is 0 Å². The Balaban J connectivity index is 0.000000116. The quantitative estimate of drug-likeness (QED) is 0.162. The van der Waals surface area contributed by atoms with Crippen LogP contribution in [0.15, 0.2) is 255 Å². The summed E-state index contributed by atoms with van der Waals surface area (Å²) in [6, 6.07) is 91.4. The average Bonchev–Trinajstić information content (AvgIpc) is 3.76. The molecule has 0 amide bonds. The largest absolute Gasteiger partial charge is 0.496 e. The van der Waals surface area contributed by atoms with Crippen LogP contribution in [0.1, 0.15) is 16.7 Å². The van der Waals surface area contributed by atoms with Crippen molar-refractivity contribution in [2.24, 2.45) is 0 Å². The second-order valence-corrected chi connectivity index (χ2v) is 18.6. The summed E-state index contributed by atoms with van der Waals surface area (Å²) in [6.45, 7) is 6.36. The topological polar surface area (TPSA) is 9.23 Å². The van der Waals surface area contributed by atoms with E-state index < -0.39 is 0 Å². The van der Waals surface area contributed by atoms with Crippen molar-refractivity contribution < 1.29 is 4.74 Å². The van der Waals surface area contributed by atoms with E-state index in [1.54, 1.807) is 7.11 Å². The molecule has 0 heterocycles. The van der Waals surface area contributed by atoms with Crippen molar-refractivity contribution in [3.63, 3.8) is 0 Å². The fourth-order valence-electron chi connectivity index (χ4n) is 10.1. The molecule has 12 aromatic carbocycles. The first-order valence-electron chi connectivity index (χ1n) is 24.5. The van der Waals surface area contributed by atoms with Gasteiger partial charge in [0.15, 0.2) is 0 Å². The highest BCUT2D eigenvalue weighted by molar-refractivity contribution is 6.18. The van der Waals surface area contributed by atoms with Gasteiger partial charge < -0.3 is 4.74 Å². The molecule has 1 aliphatic carbocycles. The van der Waals surface area contributed by atoms with Crippen LogP contribution in [0.2, 0.25) is 0 Å². The first kappa shape index (κ1) is 44.7. The van der Waals surface area contributed by atoms with Gasteiger partial charge in [0, 0.05) is 5.39 Å². The van der Waals surface area contributed by atoms with E-state index in [4.69, 9.17) is 4.74 Å². The number of fused-ring (bicyclic) bond motifs is 5. The summed E-state index contributed by atoms with van der Waals surface area (Å²) in [5.41, 5.74) is 21.9. The summed E-state index contributed by atoms with van der Waals surface area (Å²) in [4.78, 5) is 0. The third-order valence-electron chi connectivity index (χ3n) is 14.0. The molecule has 13 rings (SSSR count). The molecule has 0 bridgehead atoms. The van der Waals surface area contributed by atoms with Gasteiger partial charge in [0.25, 0.3) is 0 Å². The molecule has 1 aliphatic rings. The number of ether oxygens (including phenoxy) is 1. The van der Waals surface area contributed by atoms with Gasteiger partial charge >= 0.3 is 0 Å². The number of hydrogen-bond donors (Lipinski definition) is 0. The van der Waals surface area contributed by atoms with Crippen molar-refractivity contribution >= 4 is 32.3 Å². The van der Waals surface area contributed by atoms with E-state index >= 15 is 0 Å². The minimum atomic E-state index is 0.913. The zero-order valence-electron chi connectivity index (χ0n) is 40.7. The summed E-state index contributed by atoms with van der Waals surface area (Å²) in [5, 5.41) is 7.69. The molecular formula is C70H54O. The Labute approximate surface area is 418 Å². The van der Waals surface area contributed by atoms with E-state index in [1.807, 2.05) is 6.07 Å². The highest BCUT2D eigenvalue weighted by atomic mass is 16.5. The molecule has 0 unspecified atom stereocenters. The molecule has 0 radical (unpaired) electrons. The molecule has 0 N–H and O–H groups in total. The molecule has 0 atom stereocenters. The van der Waals surface area contributed by atoms with Crippen LogP contribution in [0.4, 0.5) is 0 Å². The Bertz CT molecular complexity index is 3790. The summed E-state index contributed by atoms with van der Waals surface area (Å²) in [5.74, 6) is 0.913. The molecule has 1 nitrogen and oxygen atoms in total. The lowest BCUT2D eigenvalue weighted by molar-refractivity contribution is 0.420. The highest BCUT2D eigenvalue weighted by Crippen LogP contribution is 2.49. The van der Waals surface area contributed by atoms with E-state index in [2.05, 4.69) is 269 Å². The Kier molecular flexibility index (Phi) is 12.4. The maximum Gasteiger partial charge on any atom is 0.126 e. The third-order valence-corrected chi connectivity index (χ3v) is 14.0. The second kappa shape index (κ2) is 19.7. The van der Waals surface area contributed by atoms with Crippen LogP contribution >= 0.6 is 0 Å². The van der Waals surface area contributed by atoms with Crippen LogP contribution in [0.5, 0.6) is 5.75 Å². The molecule has 0 aliphatic heterocycles. The Hall–Kier alpha value is -8.78.